The minimum absolute atomic E-state index is 0.0456. The molecule has 1 heterocycles. The quantitative estimate of drug-likeness (QED) is 0.732. The summed E-state index contributed by atoms with van der Waals surface area (Å²) in [5, 5.41) is 13.8. The highest BCUT2D eigenvalue weighted by Gasteiger charge is 2.16. The molecule has 3 rings (SSSR count). The summed E-state index contributed by atoms with van der Waals surface area (Å²) in [7, 11) is 0. The first-order chi connectivity index (χ1) is 11.3. The molecule has 2 atom stereocenters. The molecule has 1 aromatic heterocycles. The molecule has 0 amide bonds. The predicted octanol–water partition coefficient (Wildman–Crippen LogP) is 3.49. The zero-order chi connectivity index (χ0) is 15.9. The van der Waals surface area contributed by atoms with Crippen molar-refractivity contribution in [2.45, 2.75) is 12.1 Å². The maximum atomic E-state index is 10.4. The number of nitrogens with zero attached hydrogens (tertiary/aromatic N) is 1. The summed E-state index contributed by atoms with van der Waals surface area (Å²) in [5.74, 6) is 0. The van der Waals surface area contributed by atoms with E-state index in [1.54, 1.807) is 6.20 Å². The summed E-state index contributed by atoms with van der Waals surface area (Å²) < 4.78 is 0. The lowest BCUT2D eigenvalue weighted by atomic mass is 10.0. The van der Waals surface area contributed by atoms with Gasteiger partial charge in [0.15, 0.2) is 0 Å². The van der Waals surface area contributed by atoms with Crippen LogP contribution in [0, 0.1) is 0 Å². The van der Waals surface area contributed by atoms with Crippen molar-refractivity contribution in [3.63, 3.8) is 0 Å². The molecule has 116 valence electrons. The van der Waals surface area contributed by atoms with Crippen molar-refractivity contribution < 1.29 is 5.11 Å². The van der Waals surface area contributed by atoms with E-state index in [0.717, 1.165) is 16.8 Å². The molecule has 0 aliphatic carbocycles. The third kappa shape index (κ3) is 4.03. The number of aliphatic hydroxyl groups excluding tert-OH is 1. The molecule has 3 aromatic rings. The van der Waals surface area contributed by atoms with Crippen LogP contribution in [0.3, 0.4) is 0 Å². The third-order valence-electron chi connectivity index (χ3n) is 3.82. The Labute approximate surface area is 136 Å². The predicted molar refractivity (Wildman–Crippen MR) is 91.9 cm³/mol. The number of hydrogen-bond donors (Lipinski definition) is 2. The molecule has 0 saturated carbocycles. The number of benzene rings is 2. The van der Waals surface area contributed by atoms with E-state index in [9.17, 15) is 5.11 Å². The van der Waals surface area contributed by atoms with Crippen LogP contribution in [0.2, 0.25) is 0 Å². The highest BCUT2D eigenvalue weighted by atomic mass is 16.3. The third-order valence-corrected chi connectivity index (χ3v) is 3.82. The summed E-state index contributed by atoms with van der Waals surface area (Å²) in [6.45, 7) is 0.458. The van der Waals surface area contributed by atoms with Crippen molar-refractivity contribution in [2.75, 3.05) is 6.54 Å². The summed E-state index contributed by atoms with van der Waals surface area (Å²) in [6.07, 6.45) is 1.24. The van der Waals surface area contributed by atoms with Crippen LogP contribution in [0.25, 0.3) is 0 Å². The maximum absolute atomic E-state index is 10.4. The summed E-state index contributed by atoms with van der Waals surface area (Å²) in [6, 6.07) is 25.7. The van der Waals surface area contributed by atoms with Crippen LogP contribution in [-0.2, 0) is 0 Å². The molecule has 0 radical (unpaired) electrons. The topological polar surface area (TPSA) is 45.1 Å². The van der Waals surface area contributed by atoms with Gasteiger partial charge in [-0.05, 0) is 23.3 Å². The lowest BCUT2D eigenvalue weighted by molar-refractivity contribution is 0.171. The van der Waals surface area contributed by atoms with Gasteiger partial charge in [0, 0.05) is 12.7 Å². The fourth-order valence-corrected chi connectivity index (χ4v) is 2.61. The van der Waals surface area contributed by atoms with Gasteiger partial charge < -0.3 is 10.4 Å². The smallest absolute Gasteiger partial charge is 0.0914 e. The molecule has 0 spiro atoms. The summed E-state index contributed by atoms with van der Waals surface area (Å²) in [5.41, 5.74) is 2.98. The van der Waals surface area contributed by atoms with Crippen LogP contribution in [0.4, 0.5) is 0 Å². The average Bonchev–Trinajstić information content (AvgIpc) is 2.64. The van der Waals surface area contributed by atoms with Crippen LogP contribution in [0.15, 0.2) is 85.1 Å². The highest BCUT2D eigenvalue weighted by Crippen LogP contribution is 2.21. The Morgan fingerprint density at radius 3 is 2.00 bits per heavy atom. The number of aromatic nitrogens is 1. The molecule has 3 nitrogen and oxygen atoms in total. The zero-order valence-electron chi connectivity index (χ0n) is 12.8. The summed E-state index contributed by atoms with van der Waals surface area (Å²) >= 11 is 0. The van der Waals surface area contributed by atoms with E-state index in [0.29, 0.717) is 6.54 Å². The molecule has 0 fully saturated rings. The minimum atomic E-state index is -0.550. The van der Waals surface area contributed by atoms with Crippen molar-refractivity contribution in [2.24, 2.45) is 0 Å². The molecule has 2 aromatic carbocycles. The van der Waals surface area contributed by atoms with E-state index >= 15 is 0 Å². The first-order valence-electron chi connectivity index (χ1n) is 7.77. The number of hydrogen-bond acceptors (Lipinski definition) is 3. The SMILES string of the molecule is OC(CNC(c1ccccc1)c1ccccn1)c1ccccc1. The van der Waals surface area contributed by atoms with Gasteiger partial charge in [0.1, 0.15) is 0 Å². The number of pyridine rings is 1. The van der Waals surface area contributed by atoms with Gasteiger partial charge in [-0.1, -0.05) is 66.7 Å². The number of aliphatic hydroxyl groups is 1. The first kappa shape index (κ1) is 15.4. The molecule has 2 N–H and O–H groups in total. The van der Waals surface area contributed by atoms with Gasteiger partial charge in [-0.15, -0.1) is 0 Å². The molecule has 0 saturated heterocycles. The van der Waals surface area contributed by atoms with Gasteiger partial charge in [0.25, 0.3) is 0 Å². The summed E-state index contributed by atoms with van der Waals surface area (Å²) in [4.78, 5) is 4.46. The van der Waals surface area contributed by atoms with Crippen molar-refractivity contribution in [1.82, 2.24) is 10.3 Å². The largest absolute Gasteiger partial charge is 0.387 e. The second kappa shape index (κ2) is 7.68. The second-order valence-corrected chi connectivity index (χ2v) is 5.43. The van der Waals surface area contributed by atoms with E-state index < -0.39 is 6.10 Å². The van der Waals surface area contributed by atoms with E-state index in [-0.39, 0.29) is 6.04 Å². The fraction of sp³-hybridized carbons (Fsp3) is 0.150. The Morgan fingerprint density at radius 1 is 0.783 bits per heavy atom. The van der Waals surface area contributed by atoms with E-state index in [4.69, 9.17) is 0 Å². The van der Waals surface area contributed by atoms with Crippen LogP contribution < -0.4 is 5.32 Å². The monoisotopic (exact) mass is 304 g/mol. The normalized spacial score (nSPS) is 13.4. The first-order valence-corrected chi connectivity index (χ1v) is 7.77. The number of nitrogens with one attached hydrogen (secondary N) is 1. The lowest BCUT2D eigenvalue weighted by Gasteiger charge is -2.21. The van der Waals surface area contributed by atoms with Gasteiger partial charge in [-0.3, -0.25) is 4.98 Å². The Bertz CT molecular complexity index is 662. The standard InChI is InChI=1S/C20H20N2O/c23-19(16-9-3-1-4-10-16)15-22-20(17-11-5-2-6-12-17)18-13-7-8-14-21-18/h1-14,19-20,22-23H,15H2. The van der Waals surface area contributed by atoms with Crippen molar-refractivity contribution >= 4 is 0 Å². The Morgan fingerprint density at radius 2 is 1.39 bits per heavy atom. The van der Waals surface area contributed by atoms with Gasteiger partial charge in [-0.2, -0.15) is 0 Å². The lowest BCUT2D eigenvalue weighted by Crippen LogP contribution is -2.28. The van der Waals surface area contributed by atoms with Gasteiger partial charge >= 0.3 is 0 Å². The minimum Gasteiger partial charge on any atom is -0.387 e. The zero-order valence-corrected chi connectivity index (χ0v) is 12.8. The molecule has 0 aliphatic heterocycles. The molecule has 0 aliphatic rings. The molecule has 2 unspecified atom stereocenters. The van der Waals surface area contributed by atoms with Crippen molar-refractivity contribution in [3.8, 4) is 0 Å². The fourth-order valence-electron chi connectivity index (χ4n) is 2.61. The molecule has 0 bridgehead atoms. The van der Waals surface area contributed by atoms with Gasteiger partial charge in [0.2, 0.25) is 0 Å². The van der Waals surface area contributed by atoms with Gasteiger partial charge in [-0.25, -0.2) is 0 Å². The Balaban J connectivity index is 1.77. The average molecular weight is 304 g/mol. The van der Waals surface area contributed by atoms with E-state index in [2.05, 4.69) is 22.4 Å². The van der Waals surface area contributed by atoms with Crippen LogP contribution in [0.1, 0.15) is 29.0 Å². The van der Waals surface area contributed by atoms with E-state index in [1.807, 2.05) is 66.7 Å². The van der Waals surface area contributed by atoms with E-state index in [1.165, 1.54) is 0 Å². The van der Waals surface area contributed by atoms with Crippen LogP contribution in [-0.4, -0.2) is 16.6 Å². The van der Waals surface area contributed by atoms with Crippen LogP contribution in [0.5, 0.6) is 0 Å². The van der Waals surface area contributed by atoms with Gasteiger partial charge in [0.05, 0.1) is 17.8 Å². The molecule has 3 heteroatoms. The Kier molecular flexibility index (Phi) is 5.14. The maximum Gasteiger partial charge on any atom is 0.0914 e. The number of rotatable bonds is 6. The Hall–Kier alpha value is -2.49. The van der Waals surface area contributed by atoms with Crippen LogP contribution >= 0.6 is 0 Å². The van der Waals surface area contributed by atoms with Crippen molar-refractivity contribution in [1.29, 1.82) is 0 Å². The molecular weight excluding hydrogens is 284 g/mol. The molecule has 23 heavy (non-hydrogen) atoms. The highest BCUT2D eigenvalue weighted by molar-refractivity contribution is 5.28. The molecular formula is C20H20N2O. The second-order valence-electron chi connectivity index (χ2n) is 5.43. The van der Waals surface area contributed by atoms with Crippen molar-refractivity contribution in [3.05, 3.63) is 102 Å².